The molecule has 0 amide bonds. The van der Waals surface area contributed by atoms with Gasteiger partial charge in [-0.2, -0.15) is 0 Å². The van der Waals surface area contributed by atoms with Gasteiger partial charge in [-0.15, -0.1) is 0 Å². The maximum atomic E-state index is 10.6. The second-order valence-corrected chi connectivity index (χ2v) is 5.36. The van der Waals surface area contributed by atoms with Crippen molar-refractivity contribution in [1.82, 2.24) is 0 Å². The summed E-state index contributed by atoms with van der Waals surface area (Å²) < 4.78 is 9.58. The molecule has 1 heterocycles. The molecule has 0 radical (unpaired) electrons. The highest BCUT2D eigenvalue weighted by Crippen LogP contribution is 2.06. The van der Waals surface area contributed by atoms with Crippen LogP contribution in [-0.4, -0.2) is 36.2 Å². The molecule has 6 nitrogen and oxygen atoms in total. The van der Waals surface area contributed by atoms with Gasteiger partial charge in [0.2, 0.25) is 0 Å². The van der Waals surface area contributed by atoms with Gasteiger partial charge < -0.3 is 14.6 Å². The summed E-state index contributed by atoms with van der Waals surface area (Å²) in [7, 11) is 0. The molecule has 1 saturated heterocycles. The molecular weight excluding hydrogens is 324 g/mol. The zero-order valence-electron chi connectivity index (χ0n) is 15.3. The van der Waals surface area contributed by atoms with Crippen LogP contribution in [0.5, 0.6) is 0 Å². The molecule has 0 saturated carbocycles. The van der Waals surface area contributed by atoms with Gasteiger partial charge in [0.25, 0.3) is 0 Å². The first-order valence-electron chi connectivity index (χ1n) is 8.78. The van der Waals surface area contributed by atoms with Gasteiger partial charge in [-0.1, -0.05) is 45.8 Å². The molecule has 1 aliphatic rings. The predicted molar refractivity (Wildman–Crippen MR) is 97.2 cm³/mol. The van der Waals surface area contributed by atoms with Gasteiger partial charge in [-0.05, 0) is 25.7 Å². The highest BCUT2D eigenvalue weighted by molar-refractivity contribution is 5.81. The molecule has 0 aromatic rings. The zero-order valence-corrected chi connectivity index (χ0v) is 15.3. The third kappa shape index (κ3) is 24.3. The number of ether oxygens (including phenoxy) is 2. The van der Waals surface area contributed by atoms with Crippen LogP contribution in [-0.2, 0) is 23.9 Å². The van der Waals surface area contributed by atoms with E-state index < -0.39 is 5.97 Å². The molecule has 1 aliphatic heterocycles. The van der Waals surface area contributed by atoms with Gasteiger partial charge in [-0.25, -0.2) is 9.59 Å². The van der Waals surface area contributed by atoms with Crippen molar-refractivity contribution < 1.29 is 29.0 Å². The Morgan fingerprint density at radius 2 is 1.76 bits per heavy atom. The third-order valence-corrected chi connectivity index (χ3v) is 3.12. The van der Waals surface area contributed by atoms with E-state index >= 15 is 0 Å². The molecule has 0 aromatic heterocycles. The van der Waals surface area contributed by atoms with E-state index in [1.165, 1.54) is 25.3 Å². The van der Waals surface area contributed by atoms with E-state index in [2.05, 4.69) is 20.1 Å². The largest absolute Gasteiger partial charge is 0.478 e. The topological polar surface area (TPSA) is 89.9 Å². The lowest BCUT2D eigenvalue weighted by Gasteiger charge is -2.00. The molecule has 144 valence electrons. The Kier molecular flexibility index (Phi) is 20.0. The van der Waals surface area contributed by atoms with Crippen molar-refractivity contribution in [2.75, 3.05) is 13.2 Å². The van der Waals surface area contributed by atoms with Crippen LogP contribution in [0.3, 0.4) is 0 Å². The minimum absolute atomic E-state index is 0.0255. The van der Waals surface area contributed by atoms with Crippen molar-refractivity contribution in [2.45, 2.75) is 64.7 Å². The molecule has 0 bridgehead atoms. The first-order valence-corrected chi connectivity index (χ1v) is 8.78. The minimum Gasteiger partial charge on any atom is -0.478 e. The zero-order chi connectivity index (χ0) is 19.3. The van der Waals surface area contributed by atoms with Crippen LogP contribution in [0.15, 0.2) is 25.3 Å². The quantitative estimate of drug-likeness (QED) is 0.401. The molecule has 1 fully saturated rings. The Labute approximate surface area is 150 Å². The molecule has 0 atom stereocenters. The number of aliphatic carboxylic acids is 1. The fraction of sp³-hybridized carbons (Fsp3) is 0.632. The first-order chi connectivity index (χ1) is 12.0. The lowest BCUT2D eigenvalue weighted by Crippen LogP contribution is -2.01. The van der Waals surface area contributed by atoms with Gasteiger partial charge in [0.15, 0.2) is 0 Å². The van der Waals surface area contributed by atoms with Crippen molar-refractivity contribution in [3.05, 3.63) is 25.3 Å². The molecule has 6 heteroatoms. The minimum atomic E-state index is -0.981. The number of hydrogen-bond acceptors (Lipinski definition) is 5. The number of hydrogen-bond donors (Lipinski definition) is 1. The highest BCUT2D eigenvalue weighted by Gasteiger charge is 2.05. The van der Waals surface area contributed by atoms with Crippen LogP contribution < -0.4 is 0 Å². The number of esters is 2. The Bertz CT molecular complexity index is 379. The van der Waals surface area contributed by atoms with Crippen molar-refractivity contribution >= 4 is 17.9 Å². The molecule has 0 unspecified atom stereocenters. The second kappa shape index (κ2) is 19.9. The highest BCUT2D eigenvalue weighted by atomic mass is 16.5. The molecule has 25 heavy (non-hydrogen) atoms. The van der Waals surface area contributed by atoms with Crippen LogP contribution in [0.4, 0.5) is 0 Å². The van der Waals surface area contributed by atoms with Crippen LogP contribution >= 0.6 is 0 Å². The summed E-state index contributed by atoms with van der Waals surface area (Å²) in [5, 5.41) is 7.60. The predicted octanol–water partition coefficient (Wildman–Crippen LogP) is 4.05. The van der Waals surface area contributed by atoms with Gasteiger partial charge in [0.05, 0.1) is 13.2 Å². The number of carboxylic acid groups (broad SMARTS) is 1. The van der Waals surface area contributed by atoms with Gasteiger partial charge in [0, 0.05) is 18.6 Å². The summed E-state index contributed by atoms with van der Waals surface area (Å²) in [5.41, 5.74) is 0. The first kappa shape index (κ1) is 25.1. The van der Waals surface area contributed by atoms with Crippen LogP contribution in [0.25, 0.3) is 0 Å². The summed E-state index contributed by atoms with van der Waals surface area (Å²) in [6.07, 6.45) is 11.7. The molecule has 0 aromatic carbocycles. The summed E-state index contributed by atoms with van der Waals surface area (Å²) in [4.78, 5) is 30.3. The van der Waals surface area contributed by atoms with Crippen LogP contribution in [0.1, 0.15) is 64.7 Å². The van der Waals surface area contributed by atoms with E-state index in [-0.39, 0.29) is 11.9 Å². The average molecular weight is 356 g/mol. The second-order valence-electron chi connectivity index (χ2n) is 5.36. The maximum absolute atomic E-state index is 10.6. The van der Waals surface area contributed by atoms with E-state index in [1.54, 1.807) is 0 Å². The fourth-order valence-corrected chi connectivity index (χ4v) is 1.74. The number of rotatable bonds is 8. The fourth-order valence-electron chi connectivity index (χ4n) is 1.74. The van der Waals surface area contributed by atoms with E-state index in [0.29, 0.717) is 19.6 Å². The van der Waals surface area contributed by atoms with Gasteiger partial charge >= 0.3 is 17.9 Å². The SMILES string of the molecule is C=CC(=O)O.C=CC(=O)OCCCCCCC.O=C1CCCCCO1. The van der Waals surface area contributed by atoms with Gasteiger partial charge in [0.1, 0.15) is 0 Å². The molecular formula is C19H32O6. The summed E-state index contributed by atoms with van der Waals surface area (Å²) in [6, 6.07) is 0. The van der Waals surface area contributed by atoms with E-state index in [9.17, 15) is 14.4 Å². The molecule has 1 N–H and O–H groups in total. The van der Waals surface area contributed by atoms with Crippen molar-refractivity contribution in [3.8, 4) is 0 Å². The smallest absolute Gasteiger partial charge is 0.330 e. The summed E-state index contributed by atoms with van der Waals surface area (Å²) in [6.45, 7) is 9.63. The number of carbonyl (C=O) groups excluding carboxylic acids is 2. The Morgan fingerprint density at radius 1 is 1.12 bits per heavy atom. The normalized spacial score (nSPS) is 12.8. The monoisotopic (exact) mass is 356 g/mol. The summed E-state index contributed by atoms with van der Waals surface area (Å²) in [5.74, 6) is -1.32. The van der Waals surface area contributed by atoms with Gasteiger partial charge in [-0.3, -0.25) is 4.79 Å². The lowest BCUT2D eigenvalue weighted by molar-refractivity contribution is -0.142. The standard InChI is InChI=1S/C10H18O2.C6H10O2.C3H4O2/c1-3-5-6-7-8-9-12-10(11)4-2;7-6-4-2-1-3-5-8-6;1-2-3(4)5/h4H,2-3,5-9H2,1H3;1-5H2;2H,1H2,(H,4,5). The molecule has 0 aliphatic carbocycles. The van der Waals surface area contributed by atoms with Crippen LogP contribution in [0.2, 0.25) is 0 Å². The Hall–Kier alpha value is -2.11. The Morgan fingerprint density at radius 3 is 2.32 bits per heavy atom. The average Bonchev–Trinajstić information content (AvgIpc) is 2.86. The number of carboxylic acids is 1. The number of cyclic esters (lactones) is 1. The van der Waals surface area contributed by atoms with Crippen molar-refractivity contribution in [1.29, 1.82) is 0 Å². The van der Waals surface area contributed by atoms with Crippen LogP contribution in [0, 0.1) is 0 Å². The van der Waals surface area contributed by atoms with E-state index in [4.69, 9.17) is 14.6 Å². The summed E-state index contributed by atoms with van der Waals surface area (Å²) >= 11 is 0. The maximum Gasteiger partial charge on any atom is 0.330 e. The van der Waals surface area contributed by atoms with E-state index in [1.807, 2.05) is 0 Å². The van der Waals surface area contributed by atoms with E-state index in [0.717, 1.165) is 38.2 Å². The Balaban J connectivity index is 0. The lowest BCUT2D eigenvalue weighted by atomic mass is 10.2. The van der Waals surface area contributed by atoms with Crippen molar-refractivity contribution in [2.24, 2.45) is 0 Å². The third-order valence-electron chi connectivity index (χ3n) is 3.12. The number of carbonyl (C=O) groups is 3. The molecule has 0 spiro atoms. The molecule has 1 rings (SSSR count). The van der Waals surface area contributed by atoms with Crippen molar-refractivity contribution in [3.63, 3.8) is 0 Å². The number of unbranched alkanes of at least 4 members (excludes halogenated alkanes) is 4.